The topological polar surface area (TPSA) is 67.9 Å². The molecule has 2 rings (SSSR count). The molecule has 0 aromatic carbocycles. The Bertz CT molecular complexity index is 516. The van der Waals surface area contributed by atoms with Gasteiger partial charge >= 0.3 is 0 Å². The fourth-order valence-corrected chi connectivity index (χ4v) is 1.71. The van der Waals surface area contributed by atoms with Crippen LogP contribution in [-0.2, 0) is 0 Å². The van der Waals surface area contributed by atoms with E-state index in [0.29, 0.717) is 24.3 Å². The normalized spacial score (nSPS) is 20.4. The van der Waals surface area contributed by atoms with Crippen LogP contribution in [0.5, 0.6) is 0 Å². The Labute approximate surface area is 100 Å². The number of rotatable bonds is 2. The fraction of sp³-hybridized carbons (Fsp3) is 0.143. The van der Waals surface area contributed by atoms with Gasteiger partial charge in [-0.05, 0) is 29.4 Å². The monoisotopic (exact) mass is 226 g/mol. The molecule has 0 fully saturated rings. The minimum Gasteiger partial charge on any atom is -0.512 e. The van der Waals surface area contributed by atoms with E-state index in [1.165, 1.54) is 0 Å². The van der Waals surface area contributed by atoms with Gasteiger partial charge in [0.25, 0.3) is 0 Å². The molecule has 0 aromatic rings. The quantitative estimate of drug-likeness (QED) is 0.664. The SMILES string of the molecule is N=C1C=CC(C=CC2=CC(=N)CC(O)=C2)=CC1. The van der Waals surface area contributed by atoms with E-state index in [9.17, 15) is 5.11 Å². The Hall–Kier alpha value is -2.16. The van der Waals surface area contributed by atoms with E-state index in [4.69, 9.17) is 10.8 Å². The van der Waals surface area contributed by atoms with Gasteiger partial charge in [-0.25, -0.2) is 0 Å². The van der Waals surface area contributed by atoms with Crippen LogP contribution in [0.1, 0.15) is 12.8 Å². The Kier molecular flexibility index (Phi) is 3.19. The summed E-state index contributed by atoms with van der Waals surface area (Å²) in [6.07, 6.45) is 13.8. The molecule has 0 aromatic heterocycles. The van der Waals surface area contributed by atoms with Crippen molar-refractivity contribution in [2.24, 2.45) is 0 Å². The number of aliphatic hydroxyl groups is 1. The minimum atomic E-state index is 0.229. The lowest BCUT2D eigenvalue weighted by Crippen LogP contribution is -2.01. The Morgan fingerprint density at radius 2 is 1.76 bits per heavy atom. The van der Waals surface area contributed by atoms with Crippen molar-refractivity contribution < 1.29 is 5.11 Å². The van der Waals surface area contributed by atoms with Crippen molar-refractivity contribution in [3.63, 3.8) is 0 Å². The van der Waals surface area contributed by atoms with Gasteiger partial charge in [0, 0.05) is 24.3 Å². The van der Waals surface area contributed by atoms with Gasteiger partial charge in [-0.2, -0.15) is 0 Å². The van der Waals surface area contributed by atoms with Gasteiger partial charge in [0.05, 0.1) is 5.76 Å². The molecule has 3 nitrogen and oxygen atoms in total. The molecular weight excluding hydrogens is 212 g/mol. The summed E-state index contributed by atoms with van der Waals surface area (Å²) in [5.74, 6) is 0.229. The maximum absolute atomic E-state index is 9.41. The van der Waals surface area contributed by atoms with Gasteiger partial charge < -0.3 is 15.9 Å². The van der Waals surface area contributed by atoms with Crippen LogP contribution in [0.4, 0.5) is 0 Å². The Morgan fingerprint density at radius 1 is 1.00 bits per heavy atom. The molecule has 0 saturated heterocycles. The van der Waals surface area contributed by atoms with Gasteiger partial charge in [0.2, 0.25) is 0 Å². The summed E-state index contributed by atoms with van der Waals surface area (Å²) in [4.78, 5) is 0. The van der Waals surface area contributed by atoms with E-state index in [-0.39, 0.29) is 5.76 Å². The predicted octanol–water partition coefficient (Wildman–Crippen LogP) is 3.24. The summed E-state index contributed by atoms with van der Waals surface area (Å²) in [6, 6.07) is 0. The highest BCUT2D eigenvalue weighted by Crippen LogP contribution is 2.16. The molecule has 17 heavy (non-hydrogen) atoms. The summed E-state index contributed by atoms with van der Waals surface area (Å²) >= 11 is 0. The maximum atomic E-state index is 9.41. The molecule has 0 bridgehead atoms. The lowest BCUT2D eigenvalue weighted by molar-refractivity contribution is 0.404. The maximum Gasteiger partial charge on any atom is 0.0987 e. The summed E-state index contributed by atoms with van der Waals surface area (Å²) in [5, 5.41) is 24.4. The average Bonchev–Trinajstić information content (AvgIpc) is 2.27. The highest BCUT2D eigenvalue weighted by atomic mass is 16.3. The third-order valence-electron chi connectivity index (χ3n) is 2.55. The van der Waals surface area contributed by atoms with Crippen LogP contribution < -0.4 is 0 Å². The number of nitrogens with one attached hydrogen (secondary N) is 2. The van der Waals surface area contributed by atoms with E-state index in [1.807, 2.05) is 24.3 Å². The second-order valence-electron chi connectivity index (χ2n) is 4.08. The molecule has 2 aliphatic carbocycles. The molecule has 3 N–H and O–H groups in total. The van der Waals surface area contributed by atoms with Crippen molar-refractivity contribution in [1.29, 1.82) is 10.8 Å². The number of allylic oxidation sites excluding steroid dienone is 10. The molecule has 0 aliphatic heterocycles. The van der Waals surface area contributed by atoms with Crippen molar-refractivity contribution in [3.05, 3.63) is 59.4 Å². The first-order chi connectivity index (χ1) is 8.13. The van der Waals surface area contributed by atoms with Crippen LogP contribution >= 0.6 is 0 Å². The third-order valence-corrected chi connectivity index (χ3v) is 2.55. The van der Waals surface area contributed by atoms with Crippen LogP contribution in [0, 0.1) is 10.8 Å². The van der Waals surface area contributed by atoms with Crippen LogP contribution in [0.3, 0.4) is 0 Å². The van der Waals surface area contributed by atoms with Crippen molar-refractivity contribution >= 4 is 11.4 Å². The summed E-state index contributed by atoms with van der Waals surface area (Å²) < 4.78 is 0. The van der Waals surface area contributed by atoms with Gasteiger partial charge in [-0.1, -0.05) is 24.3 Å². The molecule has 0 unspecified atom stereocenters. The van der Waals surface area contributed by atoms with Crippen LogP contribution in [0.25, 0.3) is 0 Å². The fourth-order valence-electron chi connectivity index (χ4n) is 1.71. The predicted molar refractivity (Wildman–Crippen MR) is 69.8 cm³/mol. The van der Waals surface area contributed by atoms with Crippen molar-refractivity contribution in [2.45, 2.75) is 12.8 Å². The molecule has 0 atom stereocenters. The molecule has 0 spiro atoms. The van der Waals surface area contributed by atoms with Crippen LogP contribution in [-0.4, -0.2) is 16.5 Å². The zero-order valence-corrected chi connectivity index (χ0v) is 9.40. The highest BCUT2D eigenvalue weighted by Gasteiger charge is 2.06. The van der Waals surface area contributed by atoms with E-state index in [1.54, 1.807) is 18.2 Å². The van der Waals surface area contributed by atoms with E-state index >= 15 is 0 Å². The van der Waals surface area contributed by atoms with Crippen molar-refractivity contribution in [3.8, 4) is 0 Å². The lowest BCUT2D eigenvalue weighted by Gasteiger charge is -2.07. The number of hydrogen-bond donors (Lipinski definition) is 3. The van der Waals surface area contributed by atoms with Crippen molar-refractivity contribution in [1.82, 2.24) is 0 Å². The van der Waals surface area contributed by atoms with Gasteiger partial charge in [0.1, 0.15) is 0 Å². The molecule has 0 saturated carbocycles. The molecule has 0 amide bonds. The summed E-state index contributed by atoms with van der Waals surface area (Å²) in [5.41, 5.74) is 2.90. The van der Waals surface area contributed by atoms with Gasteiger partial charge in [-0.3, -0.25) is 0 Å². The first kappa shape index (κ1) is 11.3. The van der Waals surface area contributed by atoms with Crippen LogP contribution in [0.2, 0.25) is 0 Å². The third kappa shape index (κ3) is 3.14. The van der Waals surface area contributed by atoms with E-state index in [2.05, 4.69) is 0 Å². The summed E-state index contributed by atoms with van der Waals surface area (Å²) in [6.45, 7) is 0. The van der Waals surface area contributed by atoms with Crippen molar-refractivity contribution in [2.75, 3.05) is 0 Å². The van der Waals surface area contributed by atoms with E-state index in [0.717, 1.165) is 11.1 Å². The second kappa shape index (κ2) is 4.78. The Balaban J connectivity index is 2.09. The number of hydrogen-bond acceptors (Lipinski definition) is 3. The molecule has 3 heteroatoms. The number of aliphatic hydroxyl groups excluding tert-OH is 1. The van der Waals surface area contributed by atoms with Crippen LogP contribution in [0.15, 0.2) is 59.4 Å². The standard InChI is InChI=1S/C14H14N2O/c15-12-5-3-10(4-6-12)1-2-11-7-13(16)9-14(17)8-11/h1-5,7-8,15-17H,6,9H2. The molecule has 2 aliphatic rings. The first-order valence-corrected chi connectivity index (χ1v) is 5.46. The zero-order valence-electron chi connectivity index (χ0n) is 9.40. The lowest BCUT2D eigenvalue weighted by atomic mass is 10.0. The zero-order chi connectivity index (χ0) is 12.3. The summed E-state index contributed by atoms with van der Waals surface area (Å²) in [7, 11) is 0. The largest absolute Gasteiger partial charge is 0.512 e. The smallest absolute Gasteiger partial charge is 0.0987 e. The molecule has 0 radical (unpaired) electrons. The second-order valence-corrected chi connectivity index (χ2v) is 4.08. The Morgan fingerprint density at radius 3 is 2.41 bits per heavy atom. The molecule has 86 valence electrons. The molecular formula is C14H14N2O. The average molecular weight is 226 g/mol. The van der Waals surface area contributed by atoms with Gasteiger partial charge in [-0.15, -0.1) is 0 Å². The molecule has 0 heterocycles. The van der Waals surface area contributed by atoms with E-state index < -0.39 is 0 Å². The first-order valence-electron chi connectivity index (χ1n) is 5.46. The highest BCUT2D eigenvalue weighted by molar-refractivity contribution is 5.96. The van der Waals surface area contributed by atoms with Gasteiger partial charge in [0.15, 0.2) is 0 Å². The minimum absolute atomic E-state index is 0.229.